The Bertz CT molecular complexity index is 1050. The summed E-state index contributed by atoms with van der Waals surface area (Å²) >= 11 is 0. The van der Waals surface area contributed by atoms with Crippen LogP contribution < -0.4 is 5.32 Å². The van der Waals surface area contributed by atoms with Gasteiger partial charge in [-0.05, 0) is 37.1 Å². The molecule has 4 rings (SSSR count). The predicted octanol–water partition coefficient (Wildman–Crippen LogP) is 3.95. The lowest BCUT2D eigenvalue weighted by Crippen LogP contribution is -2.24. The van der Waals surface area contributed by atoms with Crippen molar-refractivity contribution in [2.24, 2.45) is 0 Å². The molecule has 0 fully saturated rings. The zero-order valence-electron chi connectivity index (χ0n) is 16.1. The number of carbonyl (C=O) groups is 1. The Morgan fingerprint density at radius 1 is 0.966 bits per heavy atom. The molecule has 2 aromatic heterocycles. The number of benzene rings is 2. The number of unbranched alkanes of at least 4 members (excludes halogenated alkanes) is 1. The van der Waals surface area contributed by atoms with E-state index in [0.717, 1.165) is 36.3 Å². The summed E-state index contributed by atoms with van der Waals surface area (Å²) in [6.07, 6.45) is 9.21. The molecule has 0 aliphatic rings. The summed E-state index contributed by atoms with van der Waals surface area (Å²) in [6.45, 7) is 1.56. The summed E-state index contributed by atoms with van der Waals surface area (Å²) in [4.78, 5) is 16.6. The first-order chi connectivity index (χ1) is 14.3. The topological polar surface area (TPSA) is 64.7 Å². The summed E-state index contributed by atoms with van der Waals surface area (Å²) in [5.74, 6) is -0.0668. The molecule has 0 unspecified atom stereocenters. The maximum absolute atomic E-state index is 12.6. The number of nitrogens with zero attached hydrogens (tertiary/aromatic N) is 4. The minimum atomic E-state index is -0.0668. The van der Waals surface area contributed by atoms with Crippen LogP contribution in [0.25, 0.3) is 16.9 Å². The van der Waals surface area contributed by atoms with E-state index >= 15 is 0 Å². The van der Waals surface area contributed by atoms with Gasteiger partial charge in [0.15, 0.2) is 0 Å². The molecule has 6 heteroatoms. The minimum absolute atomic E-state index is 0.0668. The third-order valence-corrected chi connectivity index (χ3v) is 4.75. The molecule has 0 aliphatic heterocycles. The molecular formula is C23H23N5O. The van der Waals surface area contributed by atoms with Crippen molar-refractivity contribution in [2.45, 2.75) is 19.4 Å². The maximum Gasteiger partial charge on any atom is 0.251 e. The standard InChI is InChI=1S/C23H23N5O/c29-23(25-12-4-5-15-27-16-14-24-18-27)20-9-6-10-21(17-20)28-22(11-13-26-28)19-7-2-1-3-8-19/h1-3,6-11,13-14,16-18H,4-5,12,15H2,(H,25,29). The van der Waals surface area contributed by atoms with Gasteiger partial charge in [0, 0.05) is 36.6 Å². The number of amides is 1. The number of aromatic nitrogens is 4. The molecule has 0 bridgehead atoms. The van der Waals surface area contributed by atoms with Crippen LogP contribution in [0.2, 0.25) is 0 Å². The molecule has 2 aromatic carbocycles. The molecule has 0 saturated carbocycles. The van der Waals surface area contributed by atoms with Crippen molar-refractivity contribution in [1.29, 1.82) is 0 Å². The molecule has 146 valence electrons. The normalized spacial score (nSPS) is 10.8. The van der Waals surface area contributed by atoms with Crippen molar-refractivity contribution in [3.05, 3.63) is 91.1 Å². The van der Waals surface area contributed by atoms with E-state index in [9.17, 15) is 4.79 Å². The Hall–Kier alpha value is -3.67. The summed E-state index contributed by atoms with van der Waals surface area (Å²) in [6, 6.07) is 19.6. The molecular weight excluding hydrogens is 362 g/mol. The van der Waals surface area contributed by atoms with Gasteiger partial charge in [-0.1, -0.05) is 36.4 Å². The number of hydrogen-bond donors (Lipinski definition) is 1. The van der Waals surface area contributed by atoms with Crippen LogP contribution >= 0.6 is 0 Å². The third-order valence-electron chi connectivity index (χ3n) is 4.75. The van der Waals surface area contributed by atoms with E-state index in [4.69, 9.17) is 0 Å². The molecule has 1 amide bonds. The van der Waals surface area contributed by atoms with Crippen LogP contribution in [-0.4, -0.2) is 31.8 Å². The first-order valence-electron chi connectivity index (χ1n) is 9.75. The molecule has 4 aromatic rings. The Balaban J connectivity index is 1.39. The Morgan fingerprint density at radius 3 is 2.69 bits per heavy atom. The number of imidazole rings is 1. The lowest BCUT2D eigenvalue weighted by atomic mass is 10.1. The van der Waals surface area contributed by atoms with Crippen LogP contribution in [0, 0.1) is 0 Å². The Kier molecular flexibility index (Phi) is 5.81. The molecule has 0 aliphatic carbocycles. The van der Waals surface area contributed by atoms with Crippen molar-refractivity contribution in [1.82, 2.24) is 24.6 Å². The van der Waals surface area contributed by atoms with Gasteiger partial charge in [-0.15, -0.1) is 0 Å². The second-order valence-electron chi connectivity index (χ2n) is 6.81. The van der Waals surface area contributed by atoms with E-state index in [1.807, 2.05) is 82.4 Å². The van der Waals surface area contributed by atoms with Crippen LogP contribution in [0.5, 0.6) is 0 Å². The Morgan fingerprint density at radius 2 is 1.86 bits per heavy atom. The maximum atomic E-state index is 12.6. The highest BCUT2D eigenvalue weighted by Crippen LogP contribution is 2.22. The van der Waals surface area contributed by atoms with Gasteiger partial charge >= 0.3 is 0 Å². The lowest BCUT2D eigenvalue weighted by Gasteiger charge is -2.10. The lowest BCUT2D eigenvalue weighted by molar-refractivity contribution is 0.0953. The van der Waals surface area contributed by atoms with Gasteiger partial charge in [-0.25, -0.2) is 9.67 Å². The smallest absolute Gasteiger partial charge is 0.251 e. The number of rotatable bonds is 8. The van der Waals surface area contributed by atoms with E-state index in [0.29, 0.717) is 12.1 Å². The molecule has 29 heavy (non-hydrogen) atoms. The zero-order chi connectivity index (χ0) is 19.9. The second-order valence-corrected chi connectivity index (χ2v) is 6.81. The quantitative estimate of drug-likeness (QED) is 0.467. The summed E-state index contributed by atoms with van der Waals surface area (Å²) in [7, 11) is 0. The van der Waals surface area contributed by atoms with E-state index in [1.54, 1.807) is 12.4 Å². The van der Waals surface area contributed by atoms with Crippen LogP contribution in [0.1, 0.15) is 23.2 Å². The fourth-order valence-electron chi connectivity index (χ4n) is 3.26. The SMILES string of the molecule is O=C(NCCCCn1ccnc1)c1cccc(-n2nccc2-c2ccccc2)c1. The van der Waals surface area contributed by atoms with E-state index < -0.39 is 0 Å². The van der Waals surface area contributed by atoms with Gasteiger partial charge in [0.25, 0.3) is 5.91 Å². The van der Waals surface area contributed by atoms with Crippen molar-refractivity contribution in [3.8, 4) is 16.9 Å². The third kappa shape index (κ3) is 4.60. The zero-order valence-corrected chi connectivity index (χ0v) is 16.1. The second kappa shape index (κ2) is 9.01. The van der Waals surface area contributed by atoms with Gasteiger partial charge in [0.2, 0.25) is 0 Å². The average Bonchev–Trinajstić information content (AvgIpc) is 3.46. The molecule has 0 atom stereocenters. The molecule has 2 heterocycles. The highest BCUT2D eigenvalue weighted by atomic mass is 16.1. The van der Waals surface area contributed by atoms with Gasteiger partial charge in [0.05, 0.1) is 23.9 Å². The molecule has 0 saturated heterocycles. The summed E-state index contributed by atoms with van der Waals surface area (Å²) in [5.41, 5.74) is 3.56. The van der Waals surface area contributed by atoms with Crippen molar-refractivity contribution < 1.29 is 4.79 Å². The fourth-order valence-corrected chi connectivity index (χ4v) is 3.26. The van der Waals surface area contributed by atoms with Crippen LogP contribution in [-0.2, 0) is 6.54 Å². The summed E-state index contributed by atoms with van der Waals surface area (Å²) in [5, 5.41) is 7.46. The van der Waals surface area contributed by atoms with Gasteiger partial charge in [0.1, 0.15) is 0 Å². The van der Waals surface area contributed by atoms with Crippen LogP contribution in [0.4, 0.5) is 0 Å². The van der Waals surface area contributed by atoms with Crippen molar-refractivity contribution >= 4 is 5.91 Å². The van der Waals surface area contributed by atoms with Crippen LogP contribution in [0.3, 0.4) is 0 Å². The van der Waals surface area contributed by atoms with E-state index in [2.05, 4.69) is 15.4 Å². The van der Waals surface area contributed by atoms with Crippen molar-refractivity contribution in [2.75, 3.05) is 6.54 Å². The number of hydrogen-bond acceptors (Lipinski definition) is 3. The molecule has 1 N–H and O–H groups in total. The average molecular weight is 385 g/mol. The van der Waals surface area contributed by atoms with Crippen molar-refractivity contribution in [3.63, 3.8) is 0 Å². The molecule has 0 radical (unpaired) electrons. The number of carbonyl (C=O) groups excluding carboxylic acids is 1. The highest BCUT2D eigenvalue weighted by molar-refractivity contribution is 5.94. The highest BCUT2D eigenvalue weighted by Gasteiger charge is 2.10. The first-order valence-corrected chi connectivity index (χ1v) is 9.75. The van der Waals surface area contributed by atoms with Gasteiger partial charge in [-0.2, -0.15) is 5.10 Å². The number of nitrogens with one attached hydrogen (secondary N) is 1. The summed E-state index contributed by atoms with van der Waals surface area (Å²) < 4.78 is 3.90. The number of aryl methyl sites for hydroxylation is 1. The van der Waals surface area contributed by atoms with Gasteiger partial charge in [-0.3, -0.25) is 4.79 Å². The molecule has 0 spiro atoms. The minimum Gasteiger partial charge on any atom is -0.352 e. The van der Waals surface area contributed by atoms with Gasteiger partial charge < -0.3 is 9.88 Å². The first kappa shape index (κ1) is 18.7. The molecule has 6 nitrogen and oxygen atoms in total. The largest absolute Gasteiger partial charge is 0.352 e. The van der Waals surface area contributed by atoms with Crippen LogP contribution in [0.15, 0.2) is 85.6 Å². The monoisotopic (exact) mass is 385 g/mol. The Labute approximate surface area is 169 Å². The predicted molar refractivity (Wildman–Crippen MR) is 113 cm³/mol. The van der Waals surface area contributed by atoms with E-state index in [-0.39, 0.29) is 5.91 Å². The fraction of sp³-hybridized carbons (Fsp3) is 0.174. The van der Waals surface area contributed by atoms with E-state index in [1.165, 1.54) is 0 Å².